The third-order valence-corrected chi connectivity index (χ3v) is 4.71. The first kappa shape index (κ1) is 11.8. The molecule has 0 radical (unpaired) electrons. The number of ketones is 1. The van der Waals surface area contributed by atoms with Crippen molar-refractivity contribution in [1.29, 1.82) is 0 Å². The van der Waals surface area contributed by atoms with E-state index in [0.717, 1.165) is 31.3 Å². The molecule has 0 aliphatic heterocycles. The summed E-state index contributed by atoms with van der Waals surface area (Å²) >= 11 is 0. The van der Waals surface area contributed by atoms with Gasteiger partial charge in [0.2, 0.25) is 0 Å². The fourth-order valence-electron chi connectivity index (χ4n) is 3.61. The second-order valence-corrected chi connectivity index (χ2v) is 6.11. The van der Waals surface area contributed by atoms with Crippen molar-refractivity contribution in [3.63, 3.8) is 0 Å². The second kappa shape index (κ2) is 3.69. The van der Waals surface area contributed by atoms with Crippen LogP contribution in [-0.2, 0) is 4.79 Å². The van der Waals surface area contributed by atoms with Crippen LogP contribution in [0.1, 0.15) is 52.9 Å². The van der Waals surface area contributed by atoms with E-state index in [-0.39, 0.29) is 17.1 Å². The van der Waals surface area contributed by atoms with Gasteiger partial charge in [-0.25, -0.2) is 0 Å². The van der Waals surface area contributed by atoms with Gasteiger partial charge in [-0.3, -0.25) is 4.79 Å². The van der Waals surface area contributed by atoms with E-state index in [9.17, 15) is 9.90 Å². The van der Waals surface area contributed by atoms with Crippen molar-refractivity contribution in [2.75, 3.05) is 0 Å². The van der Waals surface area contributed by atoms with Gasteiger partial charge < -0.3 is 5.11 Å². The molecule has 2 rings (SSSR count). The number of allylic oxidation sites excluding steroid dienone is 2. The summed E-state index contributed by atoms with van der Waals surface area (Å²) in [5.74, 6) is 0.418. The predicted octanol–water partition coefficient (Wildman–Crippen LogP) is 2.85. The van der Waals surface area contributed by atoms with Gasteiger partial charge in [0.1, 0.15) is 0 Å². The summed E-state index contributed by atoms with van der Waals surface area (Å²) in [6, 6.07) is 0. The van der Waals surface area contributed by atoms with Crippen LogP contribution in [0, 0.1) is 11.3 Å². The first-order valence-corrected chi connectivity index (χ1v) is 6.27. The summed E-state index contributed by atoms with van der Waals surface area (Å²) in [5, 5.41) is 10.5. The molecule has 2 aliphatic rings. The largest absolute Gasteiger partial charge is 0.390 e. The number of fused-ring (bicyclic) bond motifs is 1. The lowest BCUT2D eigenvalue weighted by atomic mass is 9.55. The number of hydrogen-bond donors (Lipinski definition) is 1. The highest BCUT2D eigenvalue weighted by atomic mass is 16.3. The smallest absolute Gasteiger partial charge is 0.155 e. The van der Waals surface area contributed by atoms with Crippen LogP contribution in [0.25, 0.3) is 0 Å². The molecule has 1 N–H and O–H groups in total. The highest BCUT2D eigenvalue weighted by molar-refractivity contribution is 5.93. The molecule has 90 valence electrons. The van der Waals surface area contributed by atoms with Crippen molar-refractivity contribution in [3.05, 3.63) is 11.6 Å². The van der Waals surface area contributed by atoms with Gasteiger partial charge in [-0.05, 0) is 56.4 Å². The molecular weight excluding hydrogens is 200 g/mol. The summed E-state index contributed by atoms with van der Waals surface area (Å²) in [7, 11) is 0. The van der Waals surface area contributed by atoms with E-state index in [1.165, 1.54) is 6.42 Å². The highest BCUT2D eigenvalue weighted by Gasteiger charge is 2.49. The molecule has 2 aliphatic carbocycles. The molecule has 0 amide bonds. The molecule has 1 fully saturated rings. The van der Waals surface area contributed by atoms with Gasteiger partial charge in [0.15, 0.2) is 5.78 Å². The number of carbonyl (C=O) groups excluding carboxylic acids is 1. The summed E-state index contributed by atoms with van der Waals surface area (Å²) in [6.45, 7) is 5.84. The average Bonchev–Trinajstić information content (AvgIpc) is 2.15. The summed E-state index contributed by atoms with van der Waals surface area (Å²) in [5.41, 5.74) is 0.521. The minimum Gasteiger partial charge on any atom is -0.390 e. The van der Waals surface area contributed by atoms with Crippen LogP contribution in [0.15, 0.2) is 11.6 Å². The number of rotatable bonds is 1. The van der Waals surface area contributed by atoms with Crippen molar-refractivity contribution < 1.29 is 9.90 Å². The van der Waals surface area contributed by atoms with Crippen LogP contribution in [0.3, 0.4) is 0 Å². The number of aliphatic hydroxyl groups is 1. The van der Waals surface area contributed by atoms with Crippen molar-refractivity contribution in [1.82, 2.24) is 0 Å². The monoisotopic (exact) mass is 222 g/mol. The zero-order valence-corrected chi connectivity index (χ0v) is 10.5. The van der Waals surface area contributed by atoms with E-state index < -0.39 is 5.60 Å². The fourth-order valence-corrected chi connectivity index (χ4v) is 3.61. The first-order chi connectivity index (χ1) is 7.35. The van der Waals surface area contributed by atoms with Crippen molar-refractivity contribution >= 4 is 5.78 Å². The lowest BCUT2D eigenvalue weighted by Crippen LogP contribution is -2.49. The third kappa shape index (κ3) is 1.84. The third-order valence-electron chi connectivity index (χ3n) is 4.71. The van der Waals surface area contributed by atoms with E-state index in [1.54, 1.807) is 6.92 Å². The van der Waals surface area contributed by atoms with Crippen LogP contribution in [-0.4, -0.2) is 16.5 Å². The Balaban J connectivity index is 2.30. The van der Waals surface area contributed by atoms with Gasteiger partial charge in [0.05, 0.1) is 5.60 Å². The maximum absolute atomic E-state index is 11.4. The molecule has 2 nitrogen and oxygen atoms in total. The van der Waals surface area contributed by atoms with E-state index in [4.69, 9.17) is 0 Å². The molecule has 0 aromatic carbocycles. The Bertz CT molecular complexity index is 341. The predicted molar refractivity (Wildman–Crippen MR) is 64.1 cm³/mol. The molecule has 2 heteroatoms. The minimum absolute atomic E-state index is 0.170. The number of hydrogen-bond acceptors (Lipinski definition) is 2. The Morgan fingerprint density at radius 3 is 2.75 bits per heavy atom. The van der Waals surface area contributed by atoms with E-state index in [2.05, 4.69) is 13.0 Å². The molecule has 0 aromatic rings. The van der Waals surface area contributed by atoms with Crippen LogP contribution in [0.4, 0.5) is 0 Å². The standard InChI is InChI=1S/C14H22O2/c1-10(15)11-5-8-13(2)6-4-7-14(3,16)12(13)9-11/h5,12,16H,4,6-9H2,1-3H3. The quantitative estimate of drug-likeness (QED) is 0.740. The van der Waals surface area contributed by atoms with Crippen molar-refractivity contribution in [2.24, 2.45) is 11.3 Å². The Kier molecular flexibility index (Phi) is 2.73. The van der Waals surface area contributed by atoms with Crippen LogP contribution < -0.4 is 0 Å². The number of carbonyl (C=O) groups is 1. The van der Waals surface area contributed by atoms with E-state index in [1.807, 2.05) is 6.92 Å². The minimum atomic E-state index is -0.595. The first-order valence-electron chi connectivity index (χ1n) is 6.27. The van der Waals surface area contributed by atoms with Crippen molar-refractivity contribution in [2.45, 2.75) is 58.5 Å². The molecule has 0 saturated heterocycles. The molecular formula is C14H22O2. The summed E-state index contributed by atoms with van der Waals surface area (Å²) in [6.07, 6.45) is 6.96. The Hall–Kier alpha value is -0.630. The van der Waals surface area contributed by atoms with Gasteiger partial charge >= 0.3 is 0 Å². The lowest BCUT2D eigenvalue weighted by molar-refractivity contribution is -0.117. The normalized spacial score (nSPS) is 43.5. The van der Waals surface area contributed by atoms with Gasteiger partial charge in [0, 0.05) is 0 Å². The summed E-state index contributed by atoms with van der Waals surface area (Å²) < 4.78 is 0. The molecule has 0 heterocycles. The zero-order chi connectivity index (χ0) is 12.0. The molecule has 1 saturated carbocycles. The zero-order valence-electron chi connectivity index (χ0n) is 10.5. The van der Waals surface area contributed by atoms with Gasteiger partial charge in [0.25, 0.3) is 0 Å². The van der Waals surface area contributed by atoms with E-state index in [0.29, 0.717) is 0 Å². The van der Waals surface area contributed by atoms with Gasteiger partial charge in [-0.1, -0.05) is 19.4 Å². The molecule has 16 heavy (non-hydrogen) atoms. The SMILES string of the molecule is CC(=O)C1=CCC2(C)CCCC(C)(O)C2C1. The lowest BCUT2D eigenvalue weighted by Gasteiger charge is -2.51. The fraction of sp³-hybridized carbons (Fsp3) is 0.786. The van der Waals surface area contributed by atoms with Gasteiger partial charge in [-0.15, -0.1) is 0 Å². The topological polar surface area (TPSA) is 37.3 Å². The Morgan fingerprint density at radius 1 is 1.44 bits per heavy atom. The maximum atomic E-state index is 11.4. The van der Waals surface area contributed by atoms with Crippen LogP contribution in [0.5, 0.6) is 0 Å². The van der Waals surface area contributed by atoms with E-state index >= 15 is 0 Å². The van der Waals surface area contributed by atoms with Crippen LogP contribution >= 0.6 is 0 Å². The maximum Gasteiger partial charge on any atom is 0.155 e. The summed E-state index contributed by atoms with van der Waals surface area (Å²) in [4.78, 5) is 11.4. The molecule has 0 aromatic heterocycles. The molecule has 3 unspecified atom stereocenters. The Morgan fingerprint density at radius 2 is 2.12 bits per heavy atom. The molecule has 0 bridgehead atoms. The van der Waals surface area contributed by atoms with Gasteiger partial charge in [-0.2, -0.15) is 0 Å². The average molecular weight is 222 g/mol. The second-order valence-electron chi connectivity index (χ2n) is 6.11. The van der Waals surface area contributed by atoms with Crippen molar-refractivity contribution in [3.8, 4) is 0 Å². The Labute approximate surface area is 97.7 Å². The van der Waals surface area contributed by atoms with Crippen LogP contribution in [0.2, 0.25) is 0 Å². The highest BCUT2D eigenvalue weighted by Crippen LogP contribution is 2.53. The molecule has 3 atom stereocenters. The number of Topliss-reactive ketones (excluding diaryl/α,β-unsaturated/α-hetero) is 1. The molecule has 0 spiro atoms.